The number of carbonyl (C=O) groups is 1. The molecule has 0 fully saturated rings. The highest BCUT2D eigenvalue weighted by Crippen LogP contribution is 2.13. The lowest BCUT2D eigenvalue weighted by molar-refractivity contribution is -0.138. The molecule has 2 atom stereocenters. The Labute approximate surface area is 129 Å². The average molecular weight is 297 g/mol. The van der Waals surface area contributed by atoms with Crippen LogP contribution in [0.15, 0.2) is 66.7 Å². The first-order valence-electron chi connectivity index (χ1n) is 7.08. The Morgan fingerprint density at radius 2 is 1.64 bits per heavy atom. The summed E-state index contributed by atoms with van der Waals surface area (Å²) in [5, 5.41) is 21.8. The van der Waals surface area contributed by atoms with Gasteiger partial charge < -0.3 is 10.2 Å². The standard InChI is InChI=1S/C18H19NO3/c20-13-17(15-9-5-2-6-10-15)19-16(18(21)22)12-11-14-7-3-1-4-8-14/h1-12,16-17,19-20H,13H2,(H,21,22)/b12-11+. The van der Waals surface area contributed by atoms with E-state index in [9.17, 15) is 15.0 Å². The molecule has 0 spiro atoms. The van der Waals surface area contributed by atoms with Gasteiger partial charge in [-0.1, -0.05) is 72.8 Å². The van der Waals surface area contributed by atoms with Crippen molar-refractivity contribution in [1.82, 2.24) is 5.32 Å². The fraction of sp³-hybridized carbons (Fsp3) is 0.167. The van der Waals surface area contributed by atoms with E-state index >= 15 is 0 Å². The Balaban J connectivity index is 2.11. The molecule has 0 saturated heterocycles. The van der Waals surface area contributed by atoms with Gasteiger partial charge in [0.05, 0.1) is 12.6 Å². The molecule has 22 heavy (non-hydrogen) atoms. The van der Waals surface area contributed by atoms with Crippen molar-refractivity contribution in [2.24, 2.45) is 0 Å². The van der Waals surface area contributed by atoms with Crippen LogP contribution in [0.2, 0.25) is 0 Å². The third kappa shape index (κ3) is 4.55. The van der Waals surface area contributed by atoms with Gasteiger partial charge in [0.25, 0.3) is 0 Å². The Morgan fingerprint density at radius 3 is 2.18 bits per heavy atom. The second-order valence-electron chi connectivity index (χ2n) is 4.90. The van der Waals surface area contributed by atoms with E-state index in [4.69, 9.17) is 0 Å². The number of carboxylic acids is 1. The van der Waals surface area contributed by atoms with Gasteiger partial charge in [-0.2, -0.15) is 0 Å². The van der Waals surface area contributed by atoms with Crippen LogP contribution in [0.5, 0.6) is 0 Å². The summed E-state index contributed by atoms with van der Waals surface area (Å²) in [4.78, 5) is 11.4. The molecule has 2 rings (SSSR count). The minimum Gasteiger partial charge on any atom is -0.480 e. The Kier molecular flexibility index (Phi) is 5.89. The molecular weight excluding hydrogens is 278 g/mol. The van der Waals surface area contributed by atoms with E-state index in [1.54, 1.807) is 12.2 Å². The molecule has 0 radical (unpaired) electrons. The molecule has 0 bridgehead atoms. The van der Waals surface area contributed by atoms with E-state index in [0.29, 0.717) is 0 Å². The van der Waals surface area contributed by atoms with Crippen LogP contribution in [0.25, 0.3) is 6.08 Å². The average Bonchev–Trinajstić information content (AvgIpc) is 2.56. The van der Waals surface area contributed by atoms with Crippen LogP contribution < -0.4 is 5.32 Å². The molecule has 0 aliphatic carbocycles. The molecule has 2 aromatic rings. The largest absolute Gasteiger partial charge is 0.480 e. The number of carboxylic acid groups (broad SMARTS) is 1. The van der Waals surface area contributed by atoms with Crippen molar-refractivity contribution in [3.63, 3.8) is 0 Å². The molecule has 4 heteroatoms. The zero-order valence-corrected chi connectivity index (χ0v) is 12.1. The zero-order chi connectivity index (χ0) is 15.8. The topological polar surface area (TPSA) is 69.6 Å². The highest BCUT2D eigenvalue weighted by molar-refractivity contribution is 5.77. The number of rotatable bonds is 7. The fourth-order valence-electron chi connectivity index (χ4n) is 2.14. The molecule has 0 saturated carbocycles. The molecular formula is C18H19NO3. The number of aliphatic hydroxyl groups is 1. The number of aliphatic hydroxyl groups excluding tert-OH is 1. The molecule has 3 N–H and O–H groups in total. The summed E-state index contributed by atoms with van der Waals surface area (Å²) in [5.41, 5.74) is 1.78. The van der Waals surface area contributed by atoms with Gasteiger partial charge in [0.2, 0.25) is 0 Å². The molecule has 0 aliphatic heterocycles. The van der Waals surface area contributed by atoms with Gasteiger partial charge in [-0.25, -0.2) is 0 Å². The highest BCUT2D eigenvalue weighted by atomic mass is 16.4. The van der Waals surface area contributed by atoms with Crippen LogP contribution in [0.3, 0.4) is 0 Å². The SMILES string of the molecule is O=C(O)C(/C=C/c1ccccc1)NC(CO)c1ccccc1. The van der Waals surface area contributed by atoms with Gasteiger partial charge in [0.1, 0.15) is 6.04 Å². The van der Waals surface area contributed by atoms with Gasteiger partial charge in [0.15, 0.2) is 0 Å². The summed E-state index contributed by atoms with van der Waals surface area (Å²) in [6.07, 6.45) is 3.34. The van der Waals surface area contributed by atoms with E-state index in [-0.39, 0.29) is 6.61 Å². The van der Waals surface area contributed by atoms with Gasteiger partial charge in [-0.3, -0.25) is 10.1 Å². The Hall–Kier alpha value is -2.43. The normalized spacial score (nSPS) is 13.9. The lowest BCUT2D eigenvalue weighted by Crippen LogP contribution is -2.39. The molecule has 0 aliphatic rings. The van der Waals surface area contributed by atoms with Crippen LogP contribution in [-0.2, 0) is 4.79 Å². The second kappa shape index (κ2) is 8.12. The minimum absolute atomic E-state index is 0.174. The fourth-order valence-corrected chi connectivity index (χ4v) is 2.14. The van der Waals surface area contributed by atoms with Crippen molar-refractivity contribution in [2.45, 2.75) is 12.1 Å². The number of aliphatic carboxylic acids is 1. The van der Waals surface area contributed by atoms with Crippen LogP contribution in [0.4, 0.5) is 0 Å². The smallest absolute Gasteiger partial charge is 0.324 e. The lowest BCUT2D eigenvalue weighted by Gasteiger charge is -2.20. The first-order valence-corrected chi connectivity index (χ1v) is 7.08. The summed E-state index contributed by atoms with van der Waals surface area (Å²) >= 11 is 0. The molecule has 0 amide bonds. The number of benzene rings is 2. The second-order valence-corrected chi connectivity index (χ2v) is 4.90. The van der Waals surface area contributed by atoms with Crippen molar-refractivity contribution in [2.75, 3.05) is 6.61 Å². The van der Waals surface area contributed by atoms with Crippen molar-refractivity contribution in [1.29, 1.82) is 0 Å². The monoisotopic (exact) mass is 297 g/mol. The summed E-state index contributed by atoms with van der Waals surface area (Å²) in [6.45, 7) is -0.174. The first-order chi connectivity index (χ1) is 10.7. The maximum Gasteiger partial charge on any atom is 0.324 e. The van der Waals surface area contributed by atoms with Gasteiger partial charge in [-0.05, 0) is 11.1 Å². The van der Waals surface area contributed by atoms with Crippen molar-refractivity contribution >= 4 is 12.0 Å². The van der Waals surface area contributed by atoms with Crippen molar-refractivity contribution in [3.8, 4) is 0 Å². The van der Waals surface area contributed by atoms with Gasteiger partial charge in [0, 0.05) is 0 Å². The third-order valence-electron chi connectivity index (χ3n) is 3.31. The van der Waals surface area contributed by atoms with Crippen molar-refractivity contribution in [3.05, 3.63) is 77.9 Å². The molecule has 2 unspecified atom stereocenters. The number of hydrogen-bond donors (Lipinski definition) is 3. The molecule has 114 valence electrons. The van der Waals surface area contributed by atoms with Crippen LogP contribution in [0, 0.1) is 0 Å². The van der Waals surface area contributed by atoms with E-state index in [0.717, 1.165) is 11.1 Å². The maximum absolute atomic E-state index is 11.4. The summed E-state index contributed by atoms with van der Waals surface area (Å²) in [5.74, 6) is -0.985. The first kappa shape index (κ1) is 15.9. The predicted molar refractivity (Wildman–Crippen MR) is 86.3 cm³/mol. The van der Waals surface area contributed by atoms with Crippen LogP contribution in [0.1, 0.15) is 17.2 Å². The number of nitrogens with one attached hydrogen (secondary N) is 1. The predicted octanol–water partition coefficient (Wildman–Crippen LogP) is 2.48. The minimum atomic E-state index is -0.985. The van der Waals surface area contributed by atoms with E-state index in [1.165, 1.54) is 0 Å². The van der Waals surface area contributed by atoms with Gasteiger partial charge in [-0.15, -0.1) is 0 Å². The van der Waals surface area contributed by atoms with Crippen LogP contribution >= 0.6 is 0 Å². The van der Waals surface area contributed by atoms with Gasteiger partial charge >= 0.3 is 5.97 Å². The summed E-state index contributed by atoms with van der Waals surface area (Å²) in [6, 6.07) is 17.5. The highest BCUT2D eigenvalue weighted by Gasteiger charge is 2.19. The van der Waals surface area contributed by atoms with E-state index < -0.39 is 18.1 Å². The van der Waals surface area contributed by atoms with E-state index in [1.807, 2.05) is 60.7 Å². The van der Waals surface area contributed by atoms with Crippen molar-refractivity contribution < 1.29 is 15.0 Å². The summed E-state index contributed by atoms with van der Waals surface area (Å²) in [7, 11) is 0. The molecule has 2 aromatic carbocycles. The maximum atomic E-state index is 11.4. The quantitative estimate of drug-likeness (QED) is 0.734. The molecule has 0 aromatic heterocycles. The zero-order valence-electron chi connectivity index (χ0n) is 12.1. The summed E-state index contributed by atoms with van der Waals surface area (Å²) < 4.78 is 0. The Morgan fingerprint density at radius 1 is 1.05 bits per heavy atom. The Bertz CT molecular complexity index is 611. The third-order valence-corrected chi connectivity index (χ3v) is 3.31. The molecule has 0 heterocycles. The van der Waals surface area contributed by atoms with Crippen LogP contribution in [-0.4, -0.2) is 28.8 Å². The number of hydrogen-bond acceptors (Lipinski definition) is 3. The van der Waals surface area contributed by atoms with E-state index in [2.05, 4.69) is 5.32 Å². The molecule has 4 nitrogen and oxygen atoms in total. The lowest BCUT2D eigenvalue weighted by atomic mass is 10.1.